The van der Waals surface area contributed by atoms with Gasteiger partial charge in [-0.1, -0.05) is 11.6 Å². The summed E-state index contributed by atoms with van der Waals surface area (Å²) in [4.78, 5) is 2.97. The molecule has 0 radical (unpaired) electrons. The quantitative estimate of drug-likeness (QED) is 0.754. The molecule has 0 unspecified atom stereocenters. The minimum Gasteiger partial charge on any atom is -0.506 e. The van der Waals surface area contributed by atoms with E-state index in [0.29, 0.717) is 11.4 Å². The van der Waals surface area contributed by atoms with Gasteiger partial charge in [-0.15, -0.1) is 0 Å². The van der Waals surface area contributed by atoms with Gasteiger partial charge < -0.3 is 10.1 Å². The number of rotatable bonds is 1. The molecule has 70 valence electrons. The summed E-state index contributed by atoms with van der Waals surface area (Å²) in [6.07, 6.45) is 2.09. The first-order valence-corrected chi connectivity index (χ1v) is 4.45. The van der Waals surface area contributed by atoms with E-state index >= 15 is 0 Å². The smallest absolute Gasteiger partial charge is 0.136 e. The minimum atomic E-state index is 0.0459. The number of aromatic amines is 1. The molecular weight excluding hydrogens is 200 g/mol. The van der Waals surface area contributed by atoms with Crippen LogP contribution in [0.15, 0.2) is 18.3 Å². The lowest BCUT2D eigenvalue weighted by molar-refractivity contribution is 0.476. The van der Waals surface area contributed by atoms with Crippen molar-refractivity contribution in [2.24, 2.45) is 0 Å². The van der Waals surface area contributed by atoms with Gasteiger partial charge in [-0.05, 0) is 11.6 Å². The van der Waals surface area contributed by atoms with E-state index in [-0.39, 0.29) is 5.75 Å². The number of halogens is 1. The summed E-state index contributed by atoms with van der Waals surface area (Å²) in [6.45, 7) is 0. The maximum Gasteiger partial charge on any atom is 0.136 e. The van der Waals surface area contributed by atoms with Crippen molar-refractivity contribution in [1.82, 2.24) is 4.98 Å². The lowest BCUT2D eigenvalue weighted by Crippen LogP contribution is -1.77. The molecule has 0 atom stereocenters. The summed E-state index contributed by atoms with van der Waals surface area (Å²) in [5.74, 6) is 0.0459. The first-order valence-electron chi connectivity index (χ1n) is 4.08. The molecule has 0 amide bonds. The Morgan fingerprint density at radius 3 is 3.00 bits per heavy atom. The third kappa shape index (κ3) is 1.30. The zero-order valence-corrected chi connectivity index (χ0v) is 7.97. The Kier molecular flexibility index (Phi) is 2.06. The number of H-pyrrole nitrogens is 1. The summed E-state index contributed by atoms with van der Waals surface area (Å²) in [5.41, 5.74) is 1.68. The van der Waals surface area contributed by atoms with Crippen molar-refractivity contribution in [1.29, 1.82) is 5.26 Å². The number of aromatic hydroxyl groups is 1. The van der Waals surface area contributed by atoms with Crippen molar-refractivity contribution < 1.29 is 5.11 Å². The van der Waals surface area contributed by atoms with Gasteiger partial charge in [-0.2, -0.15) is 5.26 Å². The summed E-state index contributed by atoms with van der Waals surface area (Å²) in [5, 5.41) is 19.1. The van der Waals surface area contributed by atoms with E-state index in [4.69, 9.17) is 16.9 Å². The predicted molar refractivity (Wildman–Crippen MR) is 54.3 cm³/mol. The number of nitrogens with one attached hydrogen (secondary N) is 1. The molecule has 0 aliphatic carbocycles. The van der Waals surface area contributed by atoms with Gasteiger partial charge in [0, 0.05) is 23.2 Å². The minimum absolute atomic E-state index is 0.0459. The number of hydrogen-bond donors (Lipinski definition) is 2. The molecule has 4 heteroatoms. The molecule has 3 nitrogen and oxygen atoms in total. The van der Waals surface area contributed by atoms with Crippen LogP contribution in [0.25, 0.3) is 10.9 Å². The van der Waals surface area contributed by atoms with Crippen molar-refractivity contribution in [3.63, 3.8) is 0 Å². The first-order chi connectivity index (χ1) is 6.72. The Morgan fingerprint density at radius 2 is 2.29 bits per heavy atom. The molecule has 0 saturated carbocycles. The zero-order valence-electron chi connectivity index (χ0n) is 7.21. The van der Waals surface area contributed by atoms with Gasteiger partial charge in [0.2, 0.25) is 0 Å². The van der Waals surface area contributed by atoms with Gasteiger partial charge >= 0.3 is 0 Å². The Balaban J connectivity index is 2.69. The number of phenolic OH excluding ortho intramolecular Hbond substituents is 1. The average molecular weight is 207 g/mol. The van der Waals surface area contributed by atoms with E-state index in [0.717, 1.165) is 16.5 Å². The van der Waals surface area contributed by atoms with E-state index in [9.17, 15) is 5.11 Å². The maximum absolute atomic E-state index is 9.34. The standard InChI is InChI=1S/C10H7ClN2O/c11-8-3-7-6(1-2-12)5-13-9(7)4-10(8)14/h3-5,13-14H,1H2. The van der Waals surface area contributed by atoms with Crippen LogP contribution in [-0.4, -0.2) is 10.1 Å². The Hall–Kier alpha value is -1.66. The number of phenols is 1. The molecule has 1 aromatic carbocycles. The molecular formula is C10H7ClN2O. The normalized spacial score (nSPS) is 10.3. The monoisotopic (exact) mass is 206 g/mol. The van der Waals surface area contributed by atoms with Gasteiger partial charge in [0.1, 0.15) is 5.75 Å². The van der Waals surface area contributed by atoms with Gasteiger partial charge in [0.05, 0.1) is 17.5 Å². The second kappa shape index (κ2) is 3.24. The van der Waals surface area contributed by atoms with Crippen molar-refractivity contribution in [2.75, 3.05) is 0 Å². The second-order valence-electron chi connectivity index (χ2n) is 3.00. The summed E-state index contributed by atoms with van der Waals surface area (Å²) in [6, 6.07) is 5.29. The number of nitrogens with zero attached hydrogens (tertiary/aromatic N) is 1. The lowest BCUT2D eigenvalue weighted by Gasteiger charge is -1.97. The molecule has 0 aliphatic rings. The van der Waals surface area contributed by atoms with E-state index < -0.39 is 0 Å². The molecule has 1 heterocycles. The van der Waals surface area contributed by atoms with E-state index in [1.807, 2.05) is 0 Å². The number of fused-ring (bicyclic) bond motifs is 1. The number of hydrogen-bond acceptors (Lipinski definition) is 2. The molecule has 0 bridgehead atoms. The number of nitriles is 1. The Labute approximate surface area is 85.5 Å². The molecule has 0 fully saturated rings. The van der Waals surface area contributed by atoms with Crippen LogP contribution in [0.3, 0.4) is 0 Å². The summed E-state index contributed by atoms with van der Waals surface area (Å²) in [7, 11) is 0. The fraction of sp³-hybridized carbons (Fsp3) is 0.100. The second-order valence-corrected chi connectivity index (χ2v) is 3.41. The average Bonchev–Trinajstić information content (AvgIpc) is 2.51. The van der Waals surface area contributed by atoms with E-state index in [1.54, 1.807) is 18.3 Å². The number of benzene rings is 1. The van der Waals surface area contributed by atoms with Crippen molar-refractivity contribution in [3.8, 4) is 11.8 Å². The van der Waals surface area contributed by atoms with Crippen molar-refractivity contribution in [2.45, 2.75) is 6.42 Å². The first kappa shape index (κ1) is 8.92. The van der Waals surface area contributed by atoms with Crippen molar-refractivity contribution in [3.05, 3.63) is 28.9 Å². The molecule has 2 aromatic rings. The highest BCUT2D eigenvalue weighted by Gasteiger charge is 2.06. The SMILES string of the molecule is N#CCc1c[nH]c2cc(O)c(Cl)cc12. The van der Waals surface area contributed by atoms with Crippen LogP contribution in [-0.2, 0) is 6.42 Å². The van der Waals surface area contributed by atoms with Crippen LogP contribution in [0.5, 0.6) is 5.75 Å². The van der Waals surface area contributed by atoms with E-state index in [1.165, 1.54) is 0 Å². The van der Waals surface area contributed by atoms with Crippen molar-refractivity contribution >= 4 is 22.5 Å². The summed E-state index contributed by atoms with van der Waals surface area (Å²) < 4.78 is 0. The third-order valence-electron chi connectivity index (χ3n) is 2.10. The van der Waals surface area contributed by atoms with Gasteiger partial charge in [-0.25, -0.2) is 0 Å². The van der Waals surface area contributed by atoms with Gasteiger partial charge in [0.25, 0.3) is 0 Å². The lowest BCUT2D eigenvalue weighted by atomic mass is 10.1. The van der Waals surface area contributed by atoms with Crippen LogP contribution in [0.2, 0.25) is 5.02 Å². The molecule has 0 spiro atoms. The molecule has 2 N–H and O–H groups in total. The topological polar surface area (TPSA) is 59.8 Å². The molecule has 0 aliphatic heterocycles. The highest BCUT2D eigenvalue weighted by molar-refractivity contribution is 6.32. The Morgan fingerprint density at radius 1 is 1.50 bits per heavy atom. The predicted octanol–water partition coefficient (Wildman–Crippen LogP) is 2.59. The number of aromatic nitrogens is 1. The Bertz CT molecular complexity index is 525. The van der Waals surface area contributed by atoms with Crippen LogP contribution < -0.4 is 0 Å². The summed E-state index contributed by atoms with van der Waals surface area (Å²) >= 11 is 5.77. The highest BCUT2D eigenvalue weighted by atomic mass is 35.5. The van der Waals surface area contributed by atoms with E-state index in [2.05, 4.69) is 11.1 Å². The molecule has 14 heavy (non-hydrogen) atoms. The third-order valence-corrected chi connectivity index (χ3v) is 2.41. The largest absolute Gasteiger partial charge is 0.506 e. The highest BCUT2D eigenvalue weighted by Crippen LogP contribution is 2.30. The van der Waals surface area contributed by atoms with Gasteiger partial charge in [-0.3, -0.25) is 0 Å². The van der Waals surface area contributed by atoms with Crippen LogP contribution in [0.4, 0.5) is 0 Å². The van der Waals surface area contributed by atoms with Crippen LogP contribution in [0, 0.1) is 11.3 Å². The maximum atomic E-state index is 9.34. The molecule has 1 aromatic heterocycles. The molecule has 2 rings (SSSR count). The van der Waals surface area contributed by atoms with Gasteiger partial charge in [0.15, 0.2) is 0 Å². The fourth-order valence-corrected chi connectivity index (χ4v) is 1.58. The van der Waals surface area contributed by atoms with Crippen LogP contribution in [0.1, 0.15) is 5.56 Å². The fourth-order valence-electron chi connectivity index (χ4n) is 1.42. The zero-order chi connectivity index (χ0) is 10.1. The molecule has 0 saturated heterocycles. The van der Waals surface area contributed by atoms with Crippen LogP contribution >= 0.6 is 11.6 Å².